The quantitative estimate of drug-likeness (QED) is 0.904. The van der Waals surface area contributed by atoms with E-state index in [1.165, 1.54) is 22.3 Å². The first-order valence-electron chi connectivity index (χ1n) is 5.44. The molecule has 2 nitrogen and oxygen atoms in total. The van der Waals surface area contributed by atoms with Crippen molar-refractivity contribution in [2.75, 3.05) is 13.7 Å². The highest BCUT2D eigenvalue weighted by atomic mass is 79.9. The number of nitrogens with two attached hydrogens (primary N) is 1. The molecule has 3 heteroatoms. The van der Waals surface area contributed by atoms with Gasteiger partial charge in [-0.25, -0.2) is 0 Å². The van der Waals surface area contributed by atoms with Crippen molar-refractivity contribution in [3.05, 3.63) is 33.3 Å². The van der Waals surface area contributed by atoms with E-state index < -0.39 is 0 Å². The summed E-state index contributed by atoms with van der Waals surface area (Å²) in [5.74, 6) is 0.934. The zero-order valence-corrected chi connectivity index (χ0v) is 11.2. The summed E-state index contributed by atoms with van der Waals surface area (Å²) in [5, 5.41) is 0. The highest BCUT2D eigenvalue weighted by molar-refractivity contribution is 9.10. The monoisotopic (exact) mass is 281 g/mol. The Balaban J connectivity index is 2.62. The van der Waals surface area contributed by atoms with E-state index >= 15 is 0 Å². The molecule has 2 rings (SSSR count). The Kier molecular flexibility index (Phi) is 3.36. The molecule has 1 aliphatic carbocycles. The molecule has 0 fully saturated rings. The number of hydrogen-bond acceptors (Lipinski definition) is 2. The van der Waals surface area contributed by atoms with E-state index in [-0.39, 0.29) is 0 Å². The first kappa shape index (κ1) is 11.7. The highest BCUT2D eigenvalue weighted by Crippen LogP contribution is 2.43. The van der Waals surface area contributed by atoms with Crippen molar-refractivity contribution in [3.63, 3.8) is 0 Å². The van der Waals surface area contributed by atoms with Crippen molar-refractivity contribution >= 4 is 21.5 Å². The molecule has 0 saturated heterocycles. The fourth-order valence-corrected chi connectivity index (χ4v) is 3.35. The summed E-state index contributed by atoms with van der Waals surface area (Å²) in [5.41, 5.74) is 10.8. The average Bonchev–Trinajstić information content (AvgIpc) is 2.62. The molecule has 0 amide bonds. The van der Waals surface area contributed by atoms with Gasteiger partial charge in [-0.3, -0.25) is 0 Å². The summed E-state index contributed by atoms with van der Waals surface area (Å²) in [4.78, 5) is 0. The molecule has 1 aromatic rings. The van der Waals surface area contributed by atoms with Crippen LogP contribution < -0.4 is 10.5 Å². The Morgan fingerprint density at radius 2 is 2.25 bits per heavy atom. The van der Waals surface area contributed by atoms with Crippen molar-refractivity contribution in [2.24, 2.45) is 5.73 Å². The van der Waals surface area contributed by atoms with Crippen molar-refractivity contribution in [1.29, 1.82) is 0 Å². The van der Waals surface area contributed by atoms with Gasteiger partial charge in [0.05, 0.1) is 11.6 Å². The van der Waals surface area contributed by atoms with Crippen LogP contribution in [-0.4, -0.2) is 13.7 Å². The van der Waals surface area contributed by atoms with Gasteiger partial charge in [0, 0.05) is 6.54 Å². The molecule has 86 valence electrons. The van der Waals surface area contributed by atoms with E-state index in [0.717, 1.165) is 23.1 Å². The van der Waals surface area contributed by atoms with Crippen molar-refractivity contribution in [3.8, 4) is 5.75 Å². The topological polar surface area (TPSA) is 35.2 Å². The number of rotatable bonds is 2. The summed E-state index contributed by atoms with van der Waals surface area (Å²) in [6.45, 7) is 2.67. The first-order valence-corrected chi connectivity index (χ1v) is 6.23. The van der Waals surface area contributed by atoms with E-state index in [0.29, 0.717) is 6.54 Å². The molecular formula is C13H16BrNO. The summed E-state index contributed by atoms with van der Waals surface area (Å²) in [6, 6.07) is 2.22. The Hall–Kier alpha value is -0.800. The first-order chi connectivity index (χ1) is 7.69. The zero-order chi connectivity index (χ0) is 11.7. The number of hydrogen-bond donors (Lipinski definition) is 1. The molecule has 0 bridgehead atoms. The number of fused-ring (bicyclic) bond motifs is 1. The molecule has 0 aromatic heterocycles. The highest BCUT2D eigenvalue weighted by Gasteiger charge is 2.22. The molecule has 0 aliphatic heterocycles. The Morgan fingerprint density at radius 1 is 1.50 bits per heavy atom. The Bertz CT molecular complexity index is 452. The van der Waals surface area contributed by atoms with E-state index in [1.807, 2.05) is 0 Å². The largest absolute Gasteiger partial charge is 0.495 e. The van der Waals surface area contributed by atoms with E-state index in [9.17, 15) is 0 Å². The molecule has 1 aliphatic rings. The maximum absolute atomic E-state index is 5.59. The molecule has 16 heavy (non-hydrogen) atoms. The summed E-state index contributed by atoms with van der Waals surface area (Å²) in [6.07, 6.45) is 4.29. The number of benzene rings is 1. The van der Waals surface area contributed by atoms with Crippen LogP contribution in [0, 0.1) is 6.92 Å². The van der Waals surface area contributed by atoms with Gasteiger partial charge >= 0.3 is 0 Å². The fourth-order valence-electron chi connectivity index (χ4n) is 2.36. The van der Waals surface area contributed by atoms with Crippen LogP contribution in [0.25, 0.3) is 5.57 Å². The predicted octanol–water partition coefficient (Wildman–Crippen LogP) is 3.05. The van der Waals surface area contributed by atoms with Crippen LogP contribution in [0.4, 0.5) is 0 Å². The summed E-state index contributed by atoms with van der Waals surface area (Å²) in [7, 11) is 1.71. The number of aryl methyl sites for hydroxylation is 2. The summed E-state index contributed by atoms with van der Waals surface area (Å²) < 4.78 is 6.49. The van der Waals surface area contributed by atoms with E-state index in [4.69, 9.17) is 10.5 Å². The third-order valence-electron chi connectivity index (χ3n) is 3.04. The SMILES string of the molecule is COc1c(C)cc2c(c1Br)/C(=C/CN)CC2. The van der Waals surface area contributed by atoms with Gasteiger partial charge in [-0.1, -0.05) is 12.1 Å². The average molecular weight is 282 g/mol. The molecule has 0 atom stereocenters. The Labute approximate surface area is 105 Å². The molecule has 0 spiro atoms. The van der Waals surface area contributed by atoms with E-state index in [1.54, 1.807) is 7.11 Å². The lowest BCUT2D eigenvalue weighted by Crippen LogP contribution is -1.96. The Morgan fingerprint density at radius 3 is 2.88 bits per heavy atom. The predicted molar refractivity (Wildman–Crippen MR) is 70.8 cm³/mol. The number of allylic oxidation sites excluding steroid dienone is 1. The lowest BCUT2D eigenvalue weighted by molar-refractivity contribution is 0.409. The van der Waals surface area contributed by atoms with Gasteiger partial charge in [0.1, 0.15) is 5.75 Å². The minimum atomic E-state index is 0.595. The van der Waals surface area contributed by atoms with Crippen LogP contribution in [0.3, 0.4) is 0 Å². The second kappa shape index (κ2) is 4.60. The van der Waals surface area contributed by atoms with Crippen molar-refractivity contribution in [1.82, 2.24) is 0 Å². The minimum absolute atomic E-state index is 0.595. The van der Waals surface area contributed by atoms with Crippen molar-refractivity contribution in [2.45, 2.75) is 19.8 Å². The number of ether oxygens (including phenoxy) is 1. The third-order valence-corrected chi connectivity index (χ3v) is 3.80. The van der Waals surface area contributed by atoms with Gasteiger partial charge in [-0.05, 0) is 58.0 Å². The van der Waals surface area contributed by atoms with Crippen molar-refractivity contribution < 1.29 is 4.74 Å². The van der Waals surface area contributed by atoms with Crippen LogP contribution in [0.1, 0.15) is 23.1 Å². The molecule has 0 heterocycles. The maximum atomic E-state index is 5.59. The third kappa shape index (κ3) is 1.78. The van der Waals surface area contributed by atoms with Gasteiger partial charge in [-0.2, -0.15) is 0 Å². The molecule has 2 N–H and O–H groups in total. The number of halogens is 1. The number of methoxy groups -OCH3 is 1. The lowest BCUT2D eigenvalue weighted by Gasteiger charge is -2.12. The van der Waals surface area contributed by atoms with Crippen LogP contribution in [0.5, 0.6) is 5.75 Å². The van der Waals surface area contributed by atoms with Gasteiger partial charge < -0.3 is 10.5 Å². The van der Waals surface area contributed by atoms with Crippen LogP contribution in [-0.2, 0) is 6.42 Å². The smallest absolute Gasteiger partial charge is 0.136 e. The van der Waals surface area contributed by atoms with Gasteiger partial charge in [0.15, 0.2) is 0 Å². The second-order valence-corrected chi connectivity index (χ2v) is 4.83. The fraction of sp³-hybridized carbons (Fsp3) is 0.385. The summed E-state index contributed by atoms with van der Waals surface area (Å²) >= 11 is 3.65. The molecule has 0 unspecified atom stereocenters. The molecule has 0 radical (unpaired) electrons. The molecule has 0 saturated carbocycles. The van der Waals surface area contributed by atoms with Crippen LogP contribution in [0.15, 0.2) is 16.6 Å². The molecular weight excluding hydrogens is 266 g/mol. The standard InChI is InChI=1S/C13H16BrNO/c1-8-7-10-4-3-9(5-6-15)11(10)12(14)13(8)16-2/h5,7H,3-4,6,15H2,1-2H3/b9-5+. The zero-order valence-electron chi connectivity index (χ0n) is 9.64. The van der Waals surface area contributed by atoms with E-state index in [2.05, 4.69) is 35.0 Å². The second-order valence-electron chi connectivity index (χ2n) is 4.04. The lowest BCUT2D eigenvalue weighted by atomic mass is 10.0. The normalized spacial score (nSPS) is 16.6. The van der Waals surface area contributed by atoms with Crippen LogP contribution >= 0.6 is 15.9 Å². The van der Waals surface area contributed by atoms with Gasteiger partial charge in [0.25, 0.3) is 0 Å². The van der Waals surface area contributed by atoms with Gasteiger partial charge in [0.2, 0.25) is 0 Å². The molecule has 1 aromatic carbocycles. The minimum Gasteiger partial charge on any atom is -0.495 e. The van der Waals surface area contributed by atoms with Gasteiger partial charge in [-0.15, -0.1) is 0 Å². The maximum Gasteiger partial charge on any atom is 0.136 e. The van der Waals surface area contributed by atoms with Crippen LogP contribution in [0.2, 0.25) is 0 Å².